The zero-order chi connectivity index (χ0) is 24.2. The van der Waals surface area contributed by atoms with Crippen molar-refractivity contribution < 1.29 is 19.4 Å². The Morgan fingerprint density at radius 2 is 1.94 bits per heavy atom. The molecule has 0 aliphatic rings. The highest BCUT2D eigenvalue weighted by molar-refractivity contribution is 14.1. The zero-order valence-corrected chi connectivity index (χ0v) is 21.7. The van der Waals surface area contributed by atoms with Crippen LogP contribution in [-0.4, -0.2) is 45.9 Å². The van der Waals surface area contributed by atoms with Crippen LogP contribution in [0.5, 0.6) is 0 Å². The van der Waals surface area contributed by atoms with Crippen molar-refractivity contribution in [2.45, 2.75) is 62.6 Å². The number of benzene rings is 1. The molecule has 0 saturated heterocycles. The quantitative estimate of drug-likeness (QED) is 0.185. The molecule has 0 aliphatic carbocycles. The number of hydrogen-bond acceptors (Lipinski definition) is 4. The summed E-state index contributed by atoms with van der Waals surface area (Å²) < 4.78 is 5.26. The first-order chi connectivity index (χ1) is 15.8. The molecule has 2 atom stereocenters. The van der Waals surface area contributed by atoms with Crippen LogP contribution in [0.1, 0.15) is 51.5 Å². The fraction of sp³-hybridized carbons (Fsp3) is 0.480. The fourth-order valence-corrected chi connectivity index (χ4v) is 3.74. The first-order valence-corrected chi connectivity index (χ1v) is 12.7. The number of rotatable bonds is 13. The molecular formula is C25H34IN3O4. The smallest absolute Gasteiger partial charge is 0.333 e. The van der Waals surface area contributed by atoms with Crippen LogP contribution in [0.25, 0.3) is 11.3 Å². The van der Waals surface area contributed by atoms with Crippen molar-refractivity contribution in [3.63, 3.8) is 0 Å². The standard InChI is InChI=1S/C25H34IN3O4/c1-4-5-6-7-8-14-27-25(32)29(3)21-11-9-10-20(16-21)22-13-12-19(17-28-22)15-23(24(30)31)33-18(2)26/h9-13,16-18,23H,4-8,14-15H2,1-3H3,(H,27,32)(H,30,31). The number of aliphatic carboxylic acids is 1. The fourth-order valence-electron chi connectivity index (χ4n) is 3.38. The number of hydrogen-bond donors (Lipinski definition) is 2. The summed E-state index contributed by atoms with van der Waals surface area (Å²) in [4.78, 5) is 30.0. The van der Waals surface area contributed by atoms with Crippen molar-refractivity contribution in [1.29, 1.82) is 0 Å². The minimum absolute atomic E-state index is 0.129. The number of halogens is 1. The number of unbranched alkanes of at least 4 members (excludes halogenated alkanes) is 4. The SMILES string of the molecule is CCCCCCCNC(=O)N(C)c1cccc(-c2ccc(CC(OC(C)I)C(=O)O)cn2)c1. The van der Waals surface area contributed by atoms with Gasteiger partial charge >= 0.3 is 12.0 Å². The summed E-state index contributed by atoms with van der Waals surface area (Å²) in [7, 11) is 1.75. The minimum atomic E-state index is -0.988. The molecule has 0 spiro atoms. The number of carboxylic acid groups (broad SMARTS) is 1. The Bertz CT molecular complexity index is 889. The zero-order valence-electron chi connectivity index (χ0n) is 19.6. The average molecular weight is 567 g/mol. The number of carbonyl (C=O) groups is 2. The van der Waals surface area contributed by atoms with E-state index in [9.17, 15) is 14.7 Å². The van der Waals surface area contributed by atoms with Gasteiger partial charge in [0, 0.05) is 37.5 Å². The second-order valence-corrected chi connectivity index (χ2v) is 9.77. The van der Waals surface area contributed by atoms with E-state index in [4.69, 9.17) is 4.74 Å². The summed E-state index contributed by atoms with van der Waals surface area (Å²) in [6.07, 6.45) is 6.78. The van der Waals surface area contributed by atoms with Crippen LogP contribution < -0.4 is 10.2 Å². The van der Waals surface area contributed by atoms with Gasteiger partial charge in [-0.05, 0) is 37.1 Å². The molecule has 8 heteroatoms. The van der Waals surface area contributed by atoms with E-state index in [2.05, 4.69) is 17.2 Å². The maximum Gasteiger partial charge on any atom is 0.333 e. The third kappa shape index (κ3) is 9.29. The first kappa shape index (κ1) is 27.0. The largest absolute Gasteiger partial charge is 0.479 e. The van der Waals surface area contributed by atoms with E-state index in [-0.39, 0.29) is 16.6 Å². The van der Waals surface area contributed by atoms with Gasteiger partial charge in [-0.25, -0.2) is 9.59 Å². The number of carboxylic acids is 1. The first-order valence-electron chi connectivity index (χ1n) is 11.4. The summed E-state index contributed by atoms with van der Waals surface area (Å²) in [5.41, 5.74) is 3.19. The number of nitrogens with one attached hydrogen (secondary N) is 1. The lowest BCUT2D eigenvalue weighted by molar-refractivity contribution is -0.150. The van der Waals surface area contributed by atoms with Gasteiger partial charge in [0.2, 0.25) is 0 Å². The van der Waals surface area contributed by atoms with Crippen LogP contribution in [0.4, 0.5) is 10.5 Å². The number of ether oxygens (including phenoxy) is 1. The predicted molar refractivity (Wildman–Crippen MR) is 140 cm³/mol. The Kier molecular flexibility index (Phi) is 11.6. The lowest BCUT2D eigenvalue weighted by Gasteiger charge is -2.19. The number of anilines is 1. The van der Waals surface area contributed by atoms with Gasteiger partial charge < -0.3 is 15.2 Å². The summed E-state index contributed by atoms with van der Waals surface area (Å²) >= 11 is 2.04. The van der Waals surface area contributed by atoms with E-state index in [1.165, 1.54) is 19.3 Å². The third-order valence-corrected chi connectivity index (χ3v) is 5.56. The van der Waals surface area contributed by atoms with Crippen LogP contribution in [0.3, 0.4) is 0 Å². The molecule has 0 fully saturated rings. The highest BCUT2D eigenvalue weighted by atomic mass is 127. The molecule has 0 radical (unpaired) electrons. The van der Waals surface area contributed by atoms with Gasteiger partial charge in [-0.15, -0.1) is 0 Å². The van der Waals surface area contributed by atoms with Crippen LogP contribution in [0, 0.1) is 0 Å². The average Bonchev–Trinajstić information content (AvgIpc) is 2.80. The molecule has 33 heavy (non-hydrogen) atoms. The Morgan fingerprint density at radius 1 is 1.18 bits per heavy atom. The van der Waals surface area contributed by atoms with E-state index < -0.39 is 12.1 Å². The van der Waals surface area contributed by atoms with Gasteiger partial charge in [0.1, 0.15) is 4.11 Å². The Morgan fingerprint density at radius 3 is 2.58 bits per heavy atom. The van der Waals surface area contributed by atoms with Gasteiger partial charge in [-0.1, -0.05) is 73.4 Å². The highest BCUT2D eigenvalue weighted by Gasteiger charge is 2.21. The molecule has 0 bridgehead atoms. The molecule has 0 saturated carbocycles. The van der Waals surface area contributed by atoms with E-state index in [1.54, 1.807) is 25.1 Å². The number of pyridine rings is 1. The van der Waals surface area contributed by atoms with Crippen molar-refractivity contribution in [2.24, 2.45) is 0 Å². The molecule has 180 valence electrons. The number of nitrogens with zero attached hydrogens (tertiary/aromatic N) is 2. The van der Waals surface area contributed by atoms with Gasteiger partial charge in [0.25, 0.3) is 0 Å². The highest BCUT2D eigenvalue weighted by Crippen LogP contribution is 2.23. The Labute approximate surface area is 210 Å². The molecule has 2 rings (SSSR count). The van der Waals surface area contributed by atoms with E-state index in [0.717, 1.165) is 35.3 Å². The molecule has 7 nitrogen and oxygen atoms in total. The van der Waals surface area contributed by atoms with Gasteiger partial charge in [0.05, 0.1) is 5.69 Å². The molecule has 2 N–H and O–H groups in total. The molecule has 2 amide bonds. The topological polar surface area (TPSA) is 91.8 Å². The Balaban J connectivity index is 1.99. The van der Waals surface area contributed by atoms with Crippen LogP contribution in [0.2, 0.25) is 0 Å². The number of carbonyl (C=O) groups excluding carboxylic acids is 1. The van der Waals surface area contributed by atoms with E-state index in [1.807, 2.05) is 59.0 Å². The predicted octanol–water partition coefficient (Wildman–Crippen LogP) is 5.66. The summed E-state index contributed by atoms with van der Waals surface area (Å²) in [5, 5.41) is 12.3. The van der Waals surface area contributed by atoms with Gasteiger partial charge in [-0.2, -0.15) is 0 Å². The van der Waals surface area contributed by atoms with Gasteiger partial charge in [-0.3, -0.25) is 9.88 Å². The van der Waals surface area contributed by atoms with E-state index in [0.29, 0.717) is 6.54 Å². The lowest BCUT2D eigenvalue weighted by Crippen LogP contribution is -2.37. The molecule has 2 aromatic rings. The van der Waals surface area contributed by atoms with E-state index >= 15 is 0 Å². The summed E-state index contributed by atoms with van der Waals surface area (Å²) in [6.45, 7) is 4.66. The monoisotopic (exact) mass is 567 g/mol. The third-order valence-electron chi connectivity index (χ3n) is 5.26. The van der Waals surface area contributed by atoms with Crippen molar-refractivity contribution in [3.8, 4) is 11.3 Å². The van der Waals surface area contributed by atoms with Crippen LogP contribution in [-0.2, 0) is 16.0 Å². The second-order valence-electron chi connectivity index (χ2n) is 8.02. The summed E-state index contributed by atoms with van der Waals surface area (Å²) in [5.74, 6) is -0.988. The Hall–Kier alpha value is -2.20. The van der Waals surface area contributed by atoms with Crippen LogP contribution in [0.15, 0.2) is 42.6 Å². The molecule has 1 heterocycles. The normalized spacial score (nSPS) is 12.7. The number of urea groups is 1. The molecule has 2 unspecified atom stereocenters. The molecule has 0 aliphatic heterocycles. The molecule has 1 aromatic carbocycles. The maximum absolute atomic E-state index is 12.5. The van der Waals surface area contributed by atoms with Crippen molar-refractivity contribution in [1.82, 2.24) is 10.3 Å². The van der Waals surface area contributed by atoms with Crippen LogP contribution >= 0.6 is 22.6 Å². The minimum Gasteiger partial charge on any atom is -0.479 e. The lowest BCUT2D eigenvalue weighted by atomic mass is 10.1. The maximum atomic E-state index is 12.5. The second kappa shape index (κ2) is 14.1. The number of amides is 2. The van der Waals surface area contributed by atoms with Crippen molar-refractivity contribution in [3.05, 3.63) is 48.2 Å². The van der Waals surface area contributed by atoms with Crippen molar-refractivity contribution >= 4 is 40.3 Å². The number of aromatic nitrogens is 1. The molecule has 1 aromatic heterocycles. The molecular weight excluding hydrogens is 533 g/mol. The summed E-state index contributed by atoms with van der Waals surface area (Å²) in [6, 6.07) is 11.2. The van der Waals surface area contributed by atoms with Crippen molar-refractivity contribution in [2.75, 3.05) is 18.5 Å². The van der Waals surface area contributed by atoms with Gasteiger partial charge in [0.15, 0.2) is 6.10 Å². The number of alkyl halides is 1.